The molecule has 2 saturated carbocycles. The van der Waals surface area contributed by atoms with Crippen molar-refractivity contribution in [3.05, 3.63) is 77.2 Å². The number of anilines is 2. The highest BCUT2D eigenvalue weighted by molar-refractivity contribution is 6.25. The van der Waals surface area contributed by atoms with Crippen LogP contribution in [0.4, 0.5) is 20.2 Å². The molecule has 0 bridgehead atoms. The second-order valence-electron chi connectivity index (χ2n) is 17.4. The van der Waals surface area contributed by atoms with Gasteiger partial charge in [0.25, 0.3) is 23.6 Å². The molecule has 2 saturated heterocycles. The Balaban J connectivity index is 0.746. The zero-order valence-electron chi connectivity index (χ0n) is 34.1. The first-order valence-electron chi connectivity index (χ1n) is 21.5. The van der Waals surface area contributed by atoms with Crippen molar-refractivity contribution >= 4 is 51.8 Å². The molecule has 61 heavy (non-hydrogen) atoms. The Labute approximate surface area is 351 Å². The molecule has 5 amide bonds. The van der Waals surface area contributed by atoms with Crippen LogP contribution in [0.3, 0.4) is 0 Å². The Bertz CT molecular complexity index is 2380. The van der Waals surface area contributed by atoms with Crippen LogP contribution in [-0.4, -0.2) is 92.4 Å². The van der Waals surface area contributed by atoms with E-state index in [4.69, 9.17) is 9.84 Å². The average Bonchev–Trinajstić information content (AvgIpc) is 3.91. The molecule has 2 aromatic heterocycles. The predicted octanol–water partition coefficient (Wildman–Crippen LogP) is 6.68. The monoisotopic (exact) mass is 836 g/mol. The summed E-state index contributed by atoms with van der Waals surface area (Å²) in [6, 6.07) is 12.1. The number of carbonyl (C=O) groups excluding carboxylic acids is 5. The molecule has 0 radical (unpaired) electrons. The number of halogens is 2. The van der Waals surface area contributed by atoms with E-state index in [0.29, 0.717) is 35.5 Å². The van der Waals surface area contributed by atoms with Gasteiger partial charge in [-0.25, -0.2) is 4.98 Å². The highest BCUT2D eigenvalue weighted by Crippen LogP contribution is 2.39. The molecule has 9 rings (SSSR count). The van der Waals surface area contributed by atoms with Gasteiger partial charge in [0.1, 0.15) is 23.2 Å². The van der Waals surface area contributed by atoms with Crippen molar-refractivity contribution in [2.75, 3.05) is 36.8 Å². The number of carbonyl (C=O) groups is 5. The lowest BCUT2D eigenvalue weighted by molar-refractivity contribution is -0.136. The third kappa shape index (κ3) is 8.72. The summed E-state index contributed by atoms with van der Waals surface area (Å²) in [5.74, 6) is -4.13. The van der Waals surface area contributed by atoms with E-state index in [0.717, 1.165) is 100 Å². The van der Waals surface area contributed by atoms with Gasteiger partial charge in [-0.05, 0) is 119 Å². The molecule has 2 aliphatic carbocycles. The van der Waals surface area contributed by atoms with Crippen LogP contribution in [0.25, 0.3) is 10.9 Å². The van der Waals surface area contributed by atoms with E-state index < -0.39 is 47.2 Å². The molecule has 5 aliphatic rings. The van der Waals surface area contributed by atoms with Gasteiger partial charge in [0.2, 0.25) is 11.8 Å². The number of imide groups is 2. The second-order valence-corrected chi connectivity index (χ2v) is 17.4. The molecule has 2 aromatic carbocycles. The Morgan fingerprint density at radius 3 is 2.41 bits per heavy atom. The van der Waals surface area contributed by atoms with Crippen molar-refractivity contribution in [2.45, 2.75) is 102 Å². The fraction of sp³-hybridized carbons (Fsp3) is 0.489. The summed E-state index contributed by atoms with van der Waals surface area (Å²) >= 11 is 0. The van der Waals surface area contributed by atoms with Crippen LogP contribution in [0.15, 0.2) is 54.7 Å². The molecule has 320 valence electrons. The first kappa shape index (κ1) is 40.6. The minimum Gasteiger partial charge on any atom is -0.488 e. The molecule has 0 spiro atoms. The van der Waals surface area contributed by atoms with Crippen molar-refractivity contribution in [1.82, 2.24) is 29.9 Å². The predicted molar refractivity (Wildman–Crippen MR) is 222 cm³/mol. The lowest BCUT2D eigenvalue weighted by Crippen LogP contribution is -2.54. The summed E-state index contributed by atoms with van der Waals surface area (Å²) in [5, 5.41) is 14.3. The Hall–Kier alpha value is -5.77. The van der Waals surface area contributed by atoms with Crippen molar-refractivity contribution < 1.29 is 37.5 Å². The number of pyridine rings is 1. The van der Waals surface area contributed by atoms with Gasteiger partial charge in [0.05, 0.1) is 34.5 Å². The lowest BCUT2D eigenvalue weighted by atomic mass is 9.85. The van der Waals surface area contributed by atoms with Crippen molar-refractivity contribution in [3.63, 3.8) is 0 Å². The number of hydrogen-bond acceptors (Lipinski definition) is 10. The number of nitrogens with zero attached hydrogens (tertiary/aromatic N) is 5. The van der Waals surface area contributed by atoms with E-state index in [1.807, 2.05) is 23.0 Å². The van der Waals surface area contributed by atoms with Crippen LogP contribution in [-0.2, 0) is 15.5 Å². The molecule has 1 unspecified atom stereocenters. The maximum absolute atomic E-state index is 13.9. The maximum atomic E-state index is 13.9. The Morgan fingerprint density at radius 2 is 1.67 bits per heavy atom. The van der Waals surface area contributed by atoms with Crippen LogP contribution in [0.2, 0.25) is 0 Å². The molecule has 16 heteroatoms. The number of nitrogens with one attached hydrogen (secondary N) is 3. The SMILES string of the molecule is CC(F)(F)c1cccc(C(=O)Nc2cc3cn([C@H]4CC[C@H](CN5CCC(CCNc6cccc7c6C(=O)N(C6CCC(=O)NC6=O)C7=O)CC5)CC4)nc3cc2OC2CC2)n1. The Kier molecular flexibility index (Phi) is 11.1. The van der Waals surface area contributed by atoms with Crippen LogP contribution in [0.5, 0.6) is 5.75 Å². The number of hydrogen-bond donors (Lipinski definition) is 3. The van der Waals surface area contributed by atoms with Gasteiger partial charge in [0, 0.05) is 49.8 Å². The van der Waals surface area contributed by atoms with Gasteiger partial charge in [-0.15, -0.1) is 0 Å². The molecule has 5 heterocycles. The number of fused-ring (bicyclic) bond motifs is 2. The van der Waals surface area contributed by atoms with Crippen LogP contribution in [0.1, 0.15) is 120 Å². The van der Waals surface area contributed by atoms with Gasteiger partial charge in [-0.1, -0.05) is 12.1 Å². The number of amides is 5. The van der Waals surface area contributed by atoms with Crippen LogP contribution < -0.4 is 20.7 Å². The van der Waals surface area contributed by atoms with Crippen molar-refractivity contribution in [3.8, 4) is 5.75 Å². The molecule has 1 atom stereocenters. The highest BCUT2D eigenvalue weighted by Gasteiger charge is 2.45. The summed E-state index contributed by atoms with van der Waals surface area (Å²) in [4.78, 5) is 71.5. The fourth-order valence-electron chi connectivity index (χ4n) is 9.30. The summed E-state index contributed by atoms with van der Waals surface area (Å²) in [6.45, 7) is 4.57. The van der Waals surface area contributed by atoms with Gasteiger partial charge < -0.3 is 20.3 Å². The number of rotatable bonds is 13. The van der Waals surface area contributed by atoms with E-state index in [1.165, 1.54) is 18.2 Å². The standard InChI is InChI=1S/C45H50F2N8O6/c1-45(46,47)38-7-3-6-33(49-38)41(57)50-35-22-28-25-54(52-34(28)23-37(35)61-30-12-13-30)29-10-8-27(9-11-29)24-53-20-17-26(18-21-53)16-19-48-32-5-2-4-31-40(32)44(60)55(43(31)59)36-14-15-39(56)51-42(36)58/h2-7,22-23,25-27,29-30,36,48H,8-21,24H2,1H3,(H,50,57)(H,51,56,58)/t27-,29-,36?. The third-order valence-corrected chi connectivity index (χ3v) is 12.9. The summed E-state index contributed by atoms with van der Waals surface area (Å²) < 4.78 is 36.1. The van der Waals surface area contributed by atoms with Crippen LogP contribution >= 0.6 is 0 Å². The largest absolute Gasteiger partial charge is 0.488 e. The van der Waals surface area contributed by atoms with E-state index in [1.54, 1.807) is 18.2 Å². The molecule has 14 nitrogen and oxygen atoms in total. The molecular weight excluding hydrogens is 787 g/mol. The molecule has 4 fully saturated rings. The van der Waals surface area contributed by atoms with Gasteiger partial charge in [-0.3, -0.25) is 38.9 Å². The van der Waals surface area contributed by atoms with E-state index in [-0.39, 0.29) is 41.8 Å². The minimum absolute atomic E-state index is 0.0689. The number of likely N-dealkylation sites (tertiary alicyclic amines) is 1. The molecular formula is C45H50F2N8O6. The van der Waals surface area contributed by atoms with Gasteiger partial charge in [-0.2, -0.15) is 13.9 Å². The fourth-order valence-corrected chi connectivity index (χ4v) is 9.30. The minimum atomic E-state index is -3.17. The Morgan fingerprint density at radius 1 is 0.902 bits per heavy atom. The van der Waals surface area contributed by atoms with E-state index in [2.05, 4.69) is 25.8 Å². The number of aromatic nitrogens is 3. The molecule has 3 N–H and O–H groups in total. The van der Waals surface area contributed by atoms with Crippen molar-refractivity contribution in [1.29, 1.82) is 0 Å². The highest BCUT2D eigenvalue weighted by atomic mass is 19.3. The van der Waals surface area contributed by atoms with E-state index in [9.17, 15) is 32.8 Å². The first-order valence-corrected chi connectivity index (χ1v) is 21.5. The summed E-state index contributed by atoms with van der Waals surface area (Å²) in [5.41, 5.74) is 1.81. The number of ether oxygens (including phenoxy) is 1. The number of benzene rings is 2. The van der Waals surface area contributed by atoms with Gasteiger partial charge in [0.15, 0.2) is 0 Å². The lowest BCUT2D eigenvalue weighted by Gasteiger charge is -2.36. The topological polar surface area (TPSA) is 168 Å². The zero-order valence-corrected chi connectivity index (χ0v) is 34.1. The van der Waals surface area contributed by atoms with E-state index >= 15 is 0 Å². The van der Waals surface area contributed by atoms with Crippen molar-refractivity contribution in [2.24, 2.45) is 11.8 Å². The second kappa shape index (κ2) is 16.6. The normalized spacial score (nSPS) is 22.7. The quantitative estimate of drug-likeness (QED) is 0.124. The zero-order chi connectivity index (χ0) is 42.4. The summed E-state index contributed by atoms with van der Waals surface area (Å²) in [7, 11) is 0. The number of alkyl halides is 2. The molecule has 3 aliphatic heterocycles. The van der Waals surface area contributed by atoms with Crippen LogP contribution in [0, 0.1) is 11.8 Å². The maximum Gasteiger partial charge on any atom is 0.287 e. The average molecular weight is 837 g/mol. The number of piperidine rings is 2. The smallest absolute Gasteiger partial charge is 0.287 e. The molecule has 4 aromatic rings. The van der Waals surface area contributed by atoms with Gasteiger partial charge >= 0.3 is 0 Å². The third-order valence-electron chi connectivity index (χ3n) is 12.9. The summed E-state index contributed by atoms with van der Waals surface area (Å²) in [6.07, 6.45) is 11.5. The first-order chi connectivity index (χ1) is 29.4.